The van der Waals surface area contributed by atoms with Crippen molar-refractivity contribution in [3.05, 3.63) is 84.1 Å². The van der Waals surface area contributed by atoms with Gasteiger partial charge in [0.25, 0.3) is 0 Å². The van der Waals surface area contributed by atoms with Crippen molar-refractivity contribution in [3.8, 4) is 16.9 Å². The molecule has 7 heteroatoms. The molecule has 2 heterocycles. The number of fused-ring (bicyclic) bond motifs is 1. The molecule has 0 bridgehead atoms. The number of ether oxygens (including phenoxy) is 1. The lowest BCUT2D eigenvalue weighted by Crippen LogP contribution is -2.35. The second kappa shape index (κ2) is 9.85. The molecule has 0 radical (unpaired) electrons. The molecule has 182 valence electrons. The number of sulfonamides is 1. The first-order valence-corrected chi connectivity index (χ1v) is 13.3. The zero-order valence-electron chi connectivity index (χ0n) is 20.1. The first-order valence-electron chi connectivity index (χ1n) is 11.9. The van der Waals surface area contributed by atoms with Crippen molar-refractivity contribution in [2.24, 2.45) is 0 Å². The minimum absolute atomic E-state index is 0.270. The third-order valence-corrected chi connectivity index (χ3v) is 8.45. The topological polar surface area (TPSA) is 63.0 Å². The van der Waals surface area contributed by atoms with E-state index in [0.29, 0.717) is 31.9 Å². The lowest BCUT2D eigenvalue weighted by Gasteiger charge is -2.21. The van der Waals surface area contributed by atoms with Gasteiger partial charge in [-0.25, -0.2) is 8.42 Å². The van der Waals surface area contributed by atoms with Crippen molar-refractivity contribution in [1.82, 2.24) is 9.21 Å². The highest BCUT2D eigenvalue weighted by molar-refractivity contribution is 7.89. The molecule has 5 rings (SSSR count). The molecular formula is C28H30N2O4S. The molecule has 1 fully saturated rings. The van der Waals surface area contributed by atoms with Crippen molar-refractivity contribution in [3.63, 3.8) is 0 Å². The maximum absolute atomic E-state index is 13.2. The Bertz CT molecular complexity index is 1430. The molecule has 4 aromatic rings. The molecule has 35 heavy (non-hydrogen) atoms. The van der Waals surface area contributed by atoms with Crippen LogP contribution in [0.3, 0.4) is 0 Å². The summed E-state index contributed by atoms with van der Waals surface area (Å²) in [4.78, 5) is 2.53. The molecule has 0 saturated carbocycles. The van der Waals surface area contributed by atoms with E-state index in [2.05, 4.69) is 54.3 Å². The fraction of sp³-hybridized carbons (Fsp3) is 0.286. The van der Waals surface area contributed by atoms with E-state index in [1.807, 2.05) is 6.07 Å². The van der Waals surface area contributed by atoms with Gasteiger partial charge in [0.15, 0.2) is 0 Å². The van der Waals surface area contributed by atoms with Gasteiger partial charge in [-0.3, -0.25) is 4.90 Å². The minimum atomic E-state index is -3.57. The van der Waals surface area contributed by atoms with Gasteiger partial charge in [0, 0.05) is 31.1 Å². The van der Waals surface area contributed by atoms with Crippen LogP contribution in [-0.4, -0.2) is 50.9 Å². The number of benzene rings is 3. The van der Waals surface area contributed by atoms with Gasteiger partial charge in [-0.2, -0.15) is 4.31 Å². The van der Waals surface area contributed by atoms with Crippen LogP contribution in [0.5, 0.6) is 5.75 Å². The largest absolute Gasteiger partial charge is 0.497 e. The first-order chi connectivity index (χ1) is 16.9. The molecule has 0 N–H and O–H groups in total. The third kappa shape index (κ3) is 5.12. The maximum Gasteiger partial charge on any atom is 0.243 e. The maximum atomic E-state index is 13.2. The van der Waals surface area contributed by atoms with E-state index in [1.54, 1.807) is 28.6 Å². The molecule has 1 aliphatic rings. The fourth-order valence-electron chi connectivity index (χ4n) is 4.58. The lowest BCUT2D eigenvalue weighted by atomic mass is 10.0. The molecule has 0 amide bonds. The third-order valence-electron chi connectivity index (χ3n) is 6.56. The Hall–Kier alpha value is -3.13. The van der Waals surface area contributed by atoms with Gasteiger partial charge in [0.05, 0.1) is 18.6 Å². The summed E-state index contributed by atoms with van der Waals surface area (Å²) in [7, 11) is -2.03. The molecule has 1 aromatic heterocycles. The van der Waals surface area contributed by atoms with Crippen LogP contribution >= 0.6 is 0 Å². The van der Waals surface area contributed by atoms with Crippen LogP contribution < -0.4 is 4.74 Å². The van der Waals surface area contributed by atoms with E-state index in [-0.39, 0.29) is 4.90 Å². The molecule has 0 aliphatic carbocycles. The molecule has 6 nitrogen and oxygen atoms in total. The van der Waals surface area contributed by atoms with Crippen molar-refractivity contribution in [2.45, 2.75) is 24.8 Å². The molecular weight excluding hydrogens is 460 g/mol. The summed E-state index contributed by atoms with van der Waals surface area (Å²) in [5.74, 6) is 1.43. The number of nitrogens with zero attached hydrogens (tertiary/aromatic N) is 2. The minimum Gasteiger partial charge on any atom is -0.497 e. The number of methoxy groups -OCH3 is 1. The monoisotopic (exact) mass is 490 g/mol. The van der Waals surface area contributed by atoms with Gasteiger partial charge < -0.3 is 9.15 Å². The summed E-state index contributed by atoms with van der Waals surface area (Å²) in [6.45, 7) is 5.14. The molecule has 3 aromatic carbocycles. The summed E-state index contributed by atoms with van der Waals surface area (Å²) in [6.07, 6.45) is 0.765. The number of hydrogen-bond donors (Lipinski definition) is 0. The molecule has 0 spiro atoms. The number of hydrogen-bond acceptors (Lipinski definition) is 5. The summed E-state index contributed by atoms with van der Waals surface area (Å²) in [5.41, 5.74) is 4.46. The van der Waals surface area contributed by atoms with E-state index in [4.69, 9.17) is 9.15 Å². The van der Waals surface area contributed by atoms with E-state index in [0.717, 1.165) is 35.3 Å². The number of aryl methyl sites for hydroxylation is 1. The average molecular weight is 491 g/mol. The summed E-state index contributed by atoms with van der Waals surface area (Å²) >= 11 is 0. The van der Waals surface area contributed by atoms with Crippen LogP contribution in [0.1, 0.15) is 17.7 Å². The molecule has 1 aliphatic heterocycles. The smallest absolute Gasteiger partial charge is 0.243 e. The van der Waals surface area contributed by atoms with Crippen LogP contribution in [0.25, 0.3) is 22.1 Å². The quantitative estimate of drug-likeness (QED) is 0.366. The number of furan rings is 1. The van der Waals surface area contributed by atoms with Crippen molar-refractivity contribution in [1.29, 1.82) is 0 Å². The van der Waals surface area contributed by atoms with Gasteiger partial charge in [-0.05, 0) is 61.3 Å². The normalized spacial score (nSPS) is 15.8. The SMILES string of the molecule is COc1cccc(S(=O)(=O)N2CCCN(Cc3cc4cc(-c5ccc(C)cc5)ccc4o3)CC2)c1. The van der Waals surface area contributed by atoms with Crippen LogP contribution in [0.15, 0.2) is 82.1 Å². The summed E-state index contributed by atoms with van der Waals surface area (Å²) in [6, 6.07) is 23.6. The highest BCUT2D eigenvalue weighted by Crippen LogP contribution is 2.28. The van der Waals surface area contributed by atoms with Crippen molar-refractivity contribution >= 4 is 21.0 Å². The van der Waals surface area contributed by atoms with Crippen molar-refractivity contribution in [2.75, 3.05) is 33.3 Å². The zero-order chi connectivity index (χ0) is 24.4. The van der Waals surface area contributed by atoms with Crippen LogP contribution in [0.2, 0.25) is 0 Å². The van der Waals surface area contributed by atoms with E-state index < -0.39 is 10.0 Å². The Morgan fingerprint density at radius 1 is 0.886 bits per heavy atom. The molecule has 0 atom stereocenters. The Morgan fingerprint density at radius 2 is 1.69 bits per heavy atom. The lowest BCUT2D eigenvalue weighted by molar-refractivity contribution is 0.258. The fourth-order valence-corrected chi connectivity index (χ4v) is 6.08. The van der Waals surface area contributed by atoms with Crippen LogP contribution in [0.4, 0.5) is 0 Å². The van der Waals surface area contributed by atoms with E-state index in [9.17, 15) is 8.42 Å². The Kier molecular flexibility index (Phi) is 6.65. The van der Waals surface area contributed by atoms with Crippen molar-refractivity contribution < 1.29 is 17.6 Å². The predicted octanol–water partition coefficient (Wildman–Crippen LogP) is 5.31. The highest BCUT2D eigenvalue weighted by Gasteiger charge is 2.27. The Morgan fingerprint density at radius 3 is 2.49 bits per heavy atom. The van der Waals surface area contributed by atoms with E-state index >= 15 is 0 Å². The summed E-state index contributed by atoms with van der Waals surface area (Å²) in [5, 5.41) is 1.08. The average Bonchev–Trinajstić information content (AvgIpc) is 3.11. The van der Waals surface area contributed by atoms with E-state index in [1.165, 1.54) is 18.2 Å². The second-order valence-corrected chi connectivity index (χ2v) is 11.0. The predicted molar refractivity (Wildman–Crippen MR) is 138 cm³/mol. The summed E-state index contributed by atoms with van der Waals surface area (Å²) < 4.78 is 39.3. The standard InChI is InChI=1S/C28H30N2O4S/c1-21-7-9-22(10-8-21)23-11-12-28-24(17-23)18-26(34-28)20-29-13-4-14-30(16-15-29)35(31,32)27-6-3-5-25(19-27)33-2/h3,5-12,17-19H,4,13-16,20H2,1-2H3. The van der Waals surface area contributed by atoms with Crippen LogP contribution in [0, 0.1) is 6.92 Å². The Balaban J connectivity index is 1.28. The first kappa shape index (κ1) is 23.6. The molecule has 1 saturated heterocycles. The Labute approximate surface area is 206 Å². The van der Waals surface area contributed by atoms with Crippen LogP contribution in [-0.2, 0) is 16.6 Å². The molecule has 0 unspecified atom stereocenters. The zero-order valence-corrected chi connectivity index (χ0v) is 20.9. The number of rotatable bonds is 6. The van der Waals surface area contributed by atoms with Gasteiger partial charge >= 0.3 is 0 Å². The van der Waals surface area contributed by atoms with Gasteiger partial charge in [0.1, 0.15) is 17.1 Å². The highest BCUT2D eigenvalue weighted by atomic mass is 32.2. The second-order valence-electron chi connectivity index (χ2n) is 9.04. The van der Waals surface area contributed by atoms with Gasteiger partial charge in [-0.15, -0.1) is 0 Å². The van der Waals surface area contributed by atoms with Gasteiger partial charge in [0.2, 0.25) is 10.0 Å². The van der Waals surface area contributed by atoms with Gasteiger partial charge in [-0.1, -0.05) is 42.0 Å².